The molecule has 0 bridgehead atoms. The molecule has 0 unspecified atom stereocenters. The van der Waals surface area contributed by atoms with Crippen LogP contribution in [0.25, 0.3) is 33.2 Å². The van der Waals surface area contributed by atoms with E-state index in [2.05, 4.69) is 82.8 Å². The van der Waals surface area contributed by atoms with E-state index in [1.54, 1.807) is 0 Å². The summed E-state index contributed by atoms with van der Waals surface area (Å²) in [6.07, 6.45) is 5.59. The Labute approximate surface area is 129 Å². The molecule has 0 radical (unpaired) electrons. The number of benzene rings is 2. The van der Waals surface area contributed by atoms with Gasteiger partial charge in [-0.25, -0.2) is 0 Å². The summed E-state index contributed by atoms with van der Waals surface area (Å²) in [6, 6.07) is 21.3. The van der Waals surface area contributed by atoms with Crippen LogP contribution in [0.1, 0.15) is 0 Å². The summed E-state index contributed by atoms with van der Waals surface area (Å²) < 4.78 is 4.44. The largest absolute Gasteiger partial charge is 0.342 e. The lowest BCUT2D eigenvalue weighted by Crippen LogP contribution is -2.00. The number of terminal acetylenes is 1. The second kappa shape index (κ2) is 4.82. The second-order valence-corrected chi connectivity index (χ2v) is 5.53. The molecule has 2 aromatic heterocycles. The van der Waals surface area contributed by atoms with E-state index in [1.807, 2.05) is 0 Å². The van der Waals surface area contributed by atoms with Crippen LogP contribution in [0, 0.1) is 12.3 Å². The molecule has 0 fully saturated rings. The summed E-state index contributed by atoms with van der Waals surface area (Å²) in [5.41, 5.74) is 4.77. The molecule has 0 aliphatic rings. The maximum absolute atomic E-state index is 5.59. The molecule has 0 saturated heterocycles. The summed E-state index contributed by atoms with van der Waals surface area (Å²) in [6.45, 7) is 0.574. The zero-order valence-corrected chi connectivity index (χ0v) is 12.5. The predicted octanol–water partition coefficient (Wildman–Crippen LogP) is 4.43. The van der Waals surface area contributed by atoms with Gasteiger partial charge in [-0.2, -0.15) is 0 Å². The first kappa shape index (κ1) is 12.8. The van der Waals surface area contributed by atoms with Crippen molar-refractivity contribution in [2.45, 2.75) is 6.54 Å². The summed E-state index contributed by atoms with van der Waals surface area (Å²) in [5, 5.41) is 2.47. The van der Waals surface area contributed by atoms with Crippen molar-refractivity contribution >= 4 is 21.8 Å². The van der Waals surface area contributed by atoms with Gasteiger partial charge in [0.25, 0.3) is 0 Å². The van der Waals surface area contributed by atoms with E-state index in [4.69, 9.17) is 6.42 Å². The topological polar surface area (TPSA) is 9.86 Å². The summed E-state index contributed by atoms with van der Waals surface area (Å²) in [4.78, 5) is 0. The van der Waals surface area contributed by atoms with Crippen LogP contribution in [0.4, 0.5) is 0 Å². The number of para-hydroxylation sites is 2. The fraction of sp³-hybridized carbons (Fsp3) is 0.100. The lowest BCUT2D eigenvalue weighted by molar-refractivity contribution is 0.872. The van der Waals surface area contributed by atoms with E-state index in [1.165, 1.54) is 27.5 Å². The third kappa shape index (κ3) is 1.76. The average molecular weight is 284 g/mol. The number of aryl methyl sites for hydroxylation is 1. The molecule has 0 aliphatic carbocycles. The monoisotopic (exact) mass is 284 g/mol. The molecule has 2 nitrogen and oxygen atoms in total. The zero-order chi connectivity index (χ0) is 15.1. The molecule has 4 rings (SSSR count). The van der Waals surface area contributed by atoms with Gasteiger partial charge in [0.15, 0.2) is 0 Å². The predicted molar refractivity (Wildman–Crippen MR) is 92.7 cm³/mol. The maximum Gasteiger partial charge on any atom is 0.0841 e. The van der Waals surface area contributed by atoms with E-state index in [-0.39, 0.29) is 0 Å². The SMILES string of the molecule is C#CCn1c(-c2cc3ccccc3n2C)cc2ccccc21. The van der Waals surface area contributed by atoms with Crippen LogP contribution in [-0.4, -0.2) is 9.13 Å². The fourth-order valence-electron chi connectivity index (χ4n) is 3.22. The molecule has 0 N–H and O–H groups in total. The molecular formula is C20H16N2. The van der Waals surface area contributed by atoms with Gasteiger partial charge in [-0.15, -0.1) is 6.42 Å². The van der Waals surface area contributed by atoms with Crippen molar-refractivity contribution in [3.63, 3.8) is 0 Å². The zero-order valence-electron chi connectivity index (χ0n) is 12.5. The smallest absolute Gasteiger partial charge is 0.0841 e. The molecular weight excluding hydrogens is 268 g/mol. The summed E-state index contributed by atoms with van der Waals surface area (Å²) in [5.74, 6) is 2.78. The van der Waals surface area contributed by atoms with E-state index >= 15 is 0 Å². The van der Waals surface area contributed by atoms with Crippen LogP contribution in [0.2, 0.25) is 0 Å². The molecule has 4 aromatic rings. The van der Waals surface area contributed by atoms with Gasteiger partial charge in [-0.05, 0) is 24.3 Å². The molecule has 22 heavy (non-hydrogen) atoms. The van der Waals surface area contributed by atoms with Crippen molar-refractivity contribution in [2.24, 2.45) is 7.05 Å². The number of rotatable bonds is 2. The Kier molecular flexibility index (Phi) is 2.80. The molecule has 2 heteroatoms. The van der Waals surface area contributed by atoms with Gasteiger partial charge in [0.05, 0.1) is 17.9 Å². The van der Waals surface area contributed by atoms with Crippen molar-refractivity contribution in [3.05, 3.63) is 60.7 Å². The standard InChI is InChI=1S/C20H16N2/c1-3-12-22-18-11-7-5-9-16(18)14-20(22)19-13-15-8-4-6-10-17(15)21(19)2/h1,4-11,13-14H,12H2,2H3. The Balaban J connectivity index is 2.05. The normalized spacial score (nSPS) is 11.1. The second-order valence-electron chi connectivity index (χ2n) is 5.53. The van der Waals surface area contributed by atoms with E-state index in [0.29, 0.717) is 6.54 Å². The first-order valence-electron chi connectivity index (χ1n) is 7.36. The molecule has 2 aromatic carbocycles. The van der Waals surface area contributed by atoms with E-state index in [9.17, 15) is 0 Å². The van der Waals surface area contributed by atoms with Gasteiger partial charge >= 0.3 is 0 Å². The van der Waals surface area contributed by atoms with Crippen LogP contribution in [-0.2, 0) is 13.6 Å². The first-order valence-corrected chi connectivity index (χ1v) is 7.36. The minimum Gasteiger partial charge on any atom is -0.342 e. The highest BCUT2D eigenvalue weighted by Gasteiger charge is 2.14. The Morgan fingerprint density at radius 2 is 1.45 bits per heavy atom. The average Bonchev–Trinajstić information content (AvgIpc) is 3.07. The van der Waals surface area contributed by atoms with Crippen LogP contribution < -0.4 is 0 Å². The minimum atomic E-state index is 0.574. The van der Waals surface area contributed by atoms with Gasteiger partial charge in [0.1, 0.15) is 0 Å². The Bertz CT molecular complexity index is 1020. The van der Waals surface area contributed by atoms with Gasteiger partial charge in [0, 0.05) is 28.9 Å². The fourth-order valence-corrected chi connectivity index (χ4v) is 3.22. The molecule has 0 aliphatic heterocycles. The van der Waals surface area contributed by atoms with E-state index in [0.717, 1.165) is 5.69 Å². The Hall–Kier alpha value is -2.92. The number of hydrogen-bond acceptors (Lipinski definition) is 0. The maximum atomic E-state index is 5.59. The minimum absolute atomic E-state index is 0.574. The Morgan fingerprint density at radius 3 is 2.14 bits per heavy atom. The molecule has 106 valence electrons. The molecule has 0 atom stereocenters. The summed E-state index contributed by atoms with van der Waals surface area (Å²) >= 11 is 0. The van der Waals surface area contributed by atoms with Crippen molar-refractivity contribution in [2.75, 3.05) is 0 Å². The molecule has 2 heterocycles. The number of nitrogens with zero attached hydrogens (tertiary/aromatic N) is 2. The van der Waals surface area contributed by atoms with Gasteiger partial charge in [0.2, 0.25) is 0 Å². The number of aromatic nitrogens is 2. The van der Waals surface area contributed by atoms with Crippen LogP contribution >= 0.6 is 0 Å². The van der Waals surface area contributed by atoms with Crippen molar-refractivity contribution in [3.8, 4) is 23.7 Å². The van der Waals surface area contributed by atoms with Crippen molar-refractivity contribution in [1.82, 2.24) is 9.13 Å². The molecule has 0 spiro atoms. The van der Waals surface area contributed by atoms with Crippen LogP contribution in [0.5, 0.6) is 0 Å². The quantitative estimate of drug-likeness (QED) is 0.482. The summed E-state index contributed by atoms with van der Waals surface area (Å²) in [7, 11) is 2.11. The number of hydrogen-bond donors (Lipinski definition) is 0. The first-order chi connectivity index (χ1) is 10.8. The lowest BCUT2D eigenvalue weighted by Gasteiger charge is -2.09. The third-order valence-corrected chi connectivity index (χ3v) is 4.27. The Morgan fingerprint density at radius 1 is 0.864 bits per heavy atom. The van der Waals surface area contributed by atoms with Crippen LogP contribution in [0.15, 0.2) is 60.7 Å². The van der Waals surface area contributed by atoms with E-state index < -0.39 is 0 Å². The molecule has 0 amide bonds. The lowest BCUT2D eigenvalue weighted by atomic mass is 10.2. The van der Waals surface area contributed by atoms with Gasteiger partial charge in [-0.3, -0.25) is 0 Å². The molecule has 0 saturated carbocycles. The van der Waals surface area contributed by atoms with Crippen molar-refractivity contribution < 1.29 is 0 Å². The van der Waals surface area contributed by atoms with Crippen molar-refractivity contribution in [1.29, 1.82) is 0 Å². The third-order valence-electron chi connectivity index (χ3n) is 4.27. The highest BCUT2D eigenvalue weighted by Crippen LogP contribution is 2.31. The number of fused-ring (bicyclic) bond motifs is 2. The highest BCUT2D eigenvalue weighted by molar-refractivity contribution is 5.91. The van der Waals surface area contributed by atoms with Crippen LogP contribution in [0.3, 0.4) is 0 Å². The van der Waals surface area contributed by atoms with Gasteiger partial charge in [-0.1, -0.05) is 42.3 Å². The van der Waals surface area contributed by atoms with Gasteiger partial charge < -0.3 is 9.13 Å². The highest BCUT2D eigenvalue weighted by atomic mass is 15.0.